The van der Waals surface area contributed by atoms with Crippen molar-refractivity contribution in [3.63, 3.8) is 0 Å². The summed E-state index contributed by atoms with van der Waals surface area (Å²) < 4.78 is 11.5. The Kier molecular flexibility index (Phi) is 3.70. The molecule has 0 amide bonds. The van der Waals surface area contributed by atoms with E-state index < -0.39 is 5.97 Å². The first kappa shape index (κ1) is 12.9. The molecular formula is C13H15N3O3. The van der Waals surface area contributed by atoms with E-state index in [0.29, 0.717) is 6.61 Å². The summed E-state index contributed by atoms with van der Waals surface area (Å²) in [5, 5.41) is 4.08. The summed E-state index contributed by atoms with van der Waals surface area (Å²) in [6, 6.07) is 7.26. The average Bonchev–Trinajstić information content (AvgIpc) is 2.81. The van der Waals surface area contributed by atoms with Crippen molar-refractivity contribution in [1.82, 2.24) is 9.78 Å². The smallest absolute Gasteiger partial charge is 0.343 e. The molecule has 1 aromatic heterocycles. The normalized spacial score (nSPS) is 10.2. The summed E-state index contributed by atoms with van der Waals surface area (Å²) >= 11 is 0. The molecule has 1 aromatic carbocycles. The molecule has 0 spiro atoms. The van der Waals surface area contributed by atoms with Gasteiger partial charge in [-0.3, -0.25) is 0 Å². The van der Waals surface area contributed by atoms with Crippen molar-refractivity contribution in [3.8, 4) is 11.4 Å². The van der Waals surface area contributed by atoms with Gasteiger partial charge >= 0.3 is 5.97 Å². The van der Waals surface area contributed by atoms with Crippen LogP contribution in [0.15, 0.2) is 30.5 Å². The molecule has 6 heteroatoms. The molecule has 2 rings (SSSR count). The van der Waals surface area contributed by atoms with Crippen molar-refractivity contribution in [2.24, 2.45) is 0 Å². The fourth-order valence-corrected chi connectivity index (χ4v) is 1.68. The molecule has 0 saturated carbocycles. The van der Waals surface area contributed by atoms with Crippen LogP contribution >= 0.6 is 0 Å². The first-order valence-corrected chi connectivity index (χ1v) is 5.82. The van der Waals surface area contributed by atoms with Crippen molar-refractivity contribution >= 4 is 11.8 Å². The lowest BCUT2D eigenvalue weighted by molar-refractivity contribution is 0.0602. The molecule has 0 atom stereocenters. The van der Waals surface area contributed by atoms with Crippen LogP contribution in [-0.4, -0.2) is 29.5 Å². The number of anilines is 1. The molecule has 0 fully saturated rings. The Morgan fingerprint density at radius 1 is 1.37 bits per heavy atom. The zero-order valence-electron chi connectivity index (χ0n) is 10.8. The van der Waals surface area contributed by atoms with E-state index in [-0.39, 0.29) is 11.4 Å². The highest BCUT2D eigenvalue weighted by Crippen LogP contribution is 2.20. The van der Waals surface area contributed by atoms with Crippen molar-refractivity contribution in [3.05, 3.63) is 36.0 Å². The van der Waals surface area contributed by atoms with E-state index in [0.717, 1.165) is 11.4 Å². The van der Waals surface area contributed by atoms with Crippen LogP contribution in [0, 0.1) is 0 Å². The highest BCUT2D eigenvalue weighted by molar-refractivity contribution is 5.94. The van der Waals surface area contributed by atoms with Crippen molar-refractivity contribution in [2.45, 2.75) is 6.92 Å². The van der Waals surface area contributed by atoms with Crippen LogP contribution in [0.3, 0.4) is 0 Å². The van der Waals surface area contributed by atoms with Crippen molar-refractivity contribution in [2.75, 3.05) is 19.5 Å². The Morgan fingerprint density at radius 3 is 2.63 bits per heavy atom. The van der Waals surface area contributed by atoms with Crippen LogP contribution in [0.4, 0.5) is 5.82 Å². The molecule has 0 radical (unpaired) electrons. The SMILES string of the molecule is CCOc1ccc(-n2ncc(C(=O)OC)c2N)cc1. The second kappa shape index (κ2) is 5.43. The lowest BCUT2D eigenvalue weighted by Crippen LogP contribution is -2.07. The maximum absolute atomic E-state index is 11.4. The minimum Gasteiger partial charge on any atom is -0.494 e. The topological polar surface area (TPSA) is 79.4 Å². The van der Waals surface area contributed by atoms with Gasteiger partial charge in [-0.25, -0.2) is 9.48 Å². The maximum atomic E-state index is 11.4. The number of nitrogens with two attached hydrogens (primary N) is 1. The fourth-order valence-electron chi connectivity index (χ4n) is 1.68. The van der Waals surface area contributed by atoms with Crippen LogP contribution in [0.5, 0.6) is 5.75 Å². The average molecular weight is 261 g/mol. The Balaban J connectivity index is 2.32. The number of methoxy groups -OCH3 is 1. The standard InChI is InChI=1S/C13H15N3O3/c1-3-19-10-6-4-9(5-7-10)16-12(14)11(8-15-16)13(17)18-2/h4-8H,3,14H2,1-2H3. The van der Waals surface area contributed by atoms with Gasteiger partial charge in [0, 0.05) is 0 Å². The summed E-state index contributed by atoms with van der Waals surface area (Å²) in [5.41, 5.74) is 6.87. The van der Waals surface area contributed by atoms with E-state index in [4.69, 9.17) is 10.5 Å². The van der Waals surface area contributed by atoms with Crippen LogP contribution in [0.25, 0.3) is 5.69 Å². The zero-order chi connectivity index (χ0) is 13.8. The third-order valence-corrected chi connectivity index (χ3v) is 2.60. The Hall–Kier alpha value is -2.50. The van der Waals surface area contributed by atoms with Gasteiger partial charge in [0.25, 0.3) is 0 Å². The second-order valence-corrected chi connectivity index (χ2v) is 3.77. The van der Waals surface area contributed by atoms with E-state index >= 15 is 0 Å². The quantitative estimate of drug-likeness (QED) is 0.846. The third-order valence-electron chi connectivity index (χ3n) is 2.60. The van der Waals surface area contributed by atoms with Crippen LogP contribution in [0.2, 0.25) is 0 Å². The highest BCUT2D eigenvalue weighted by atomic mass is 16.5. The Labute approximate surface area is 110 Å². The first-order chi connectivity index (χ1) is 9.17. The van der Waals surface area contributed by atoms with Crippen molar-refractivity contribution in [1.29, 1.82) is 0 Å². The van der Waals surface area contributed by atoms with Crippen molar-refractivity contribution < 1.29 is 14.3 Å². The van der Waals surface area contributed by atoms with E-state index in [1.807, 2.05) is 31.2 Å². The third kappa shape index (κ3) is 2.52. The molecule has 2 aromatic rings. The molecular weight excluding hydrogens is 246 g/mol. The molecule has 100 valence electrons. The number of carbonyl (C=O) groups excluding carboxylic acids is 1. The predicted molar refractivity (Wildman–Crippen MR) is 70.5 cm³/mol. The van der Waals surface area contributed by atoms with Gasteiger partial charge in [-0.2, -0.15) is 5.10 Å². The van der Waals surface area contributed by atoms with Gasteiger partial charge in [-0.15, -0.1) is 0 Å². The fraction of sp³-hybridized carbons (Fsp3) is 0.231. The summed E-state index contributed by atoms with van der Waals surface area (Å²) in [6.07, 6.45) is 1.39. The molecule has 6 nitrogen and oxygen atoms in total. The number of hydrogen-bond acceptors (Lipinski definition) is 5. The lowest BCUT2D eigenvalue weighted by atomic mass is 10.3. The van der Waals surface area contributed by atoms with E-state index in [9.17, 15) is 4.79 Å². The lowest BCUT2D eigenvalue weighted by Gasteiger charge is -2.07. The molecule has 0 aliphatic carbocycles. The highest BCUT2D eigenvalue weighted by Gasteiger charge is 2.16. The predicted octanol–water partition coefficient (Wildman–Crippen LogP) is 1.64. The Bertz CT molecular complexity index is 575. The number of carbonyl (C=O) groups is 1. The number of aromatic nitrogens is 2. The zero-order valence-corrected chi connectivity index (χ0v) is 10.8. The van der Waals surface area contributed by atoms with E-state index in [1.54, 1.807) is 0 Å². The van der Waals surface area contributed by atoms with Crippen LogP contribution < -0.4 is 10.5 Å². The van der Waals surface area contributed by atoms with Crippen LogP contribution in [0.1, 0.15) is 17.3 Å². The number of rotatable bonds is 4. The number of hydrogen-bond donors (Lipinski definition) is 1. The van der Waals surface area contributed by atoms with Gasteiger partial charge in [-0.1, -0.05) is 0 Å². The molecule has 0 bridgehead atoms. The minimum atomic E-state index is -0.505. The van der Waals surface area contributed by atoms with Gasteiger partial charge in [-0.05, 0) is 31.2 Å². The monoisotopic (exact) mass is 261 g/mol. The van der Waals surface area contributed by atoms with E-state index in [2.05, 4.69) is 9.84 Å². The summed E-state index contributed by atoms with van der Waals surface area (Å²) in [6.45, 7) is 2.53. The molecule has 0 saturated heterocycles. The summed E-state index contributed by atoms with van der Waals surface area (Å²) in [7, 11) is 1.30. The van der Waals surface area contributed by atoms with Gasteiger partial charge in [0.05, 0.1) is 25.6 Å². The van der Waals surface area contributed by atoms with Crippen LogP contribution in [-0.2, 0) is 4.74 Å². The molecule has 19 heavy (non-hydrogen) atoms. The maximum Gasteiger partial charge on any atom is 0.343 e. The largest absolute Gasteiger partial charge is 0.494 e. The molecule has 1 heterocycles. The number of ether oxygens (including phenoxy) is 2. The van der Waals surface area contributed by atoms with Gasteiger partial charge in [0.2, 0.25) is 0 Å². The van der Waals surface area contributed by atoms with Gasteiger partial charge in [0.15, 0.2) is 0 Å². The summed E-state index contributed by atoms with van der Waals surface area (Å²) in [4.78, 5) is 11.4. The summed E-state index contributed by atoms with van der Waals surface area (Å²) in [5.74, 6) is 0.510. The number of esters is 1. The van der Waals surface area contributed by atoms with E-state index in [1.165, 1.54) is 18.0 Å². The minimum absolute atomic E-state index is 0.246. The van der Waals surface area contributed by atoms with Gasteiger partial charge in [0.1, 0.15) is 17.1 Å². The molecule has 0 unspecified atom stereocenters. The van der Waals surface area contributed by atoms with Gasteiger partial charge < -0.3 is 15.2 Å². The molecule has 0 aliphatic rings. The number of nitrogens with zero attached hydrogens (tertiary/aromatic N) is 2. The second-order valence-electron chi connectivity index (χ2n) is 3.77. The Morgan fingerprint density at radius 2 is 2.05 bits per heavy atom. The first-order valence-electron chi connectivity index (χ1n) is 5.82. The molecule has 0 aliphatic heterocycles. The number of benzene rings is 1. The number of nitrogen functional groups attached to an aromatic ring is 1. The molecule has 2 N–H and O–H groups in total.